The van der Waals surface area contributed by atoms with Crippen molar-refractivity contribution in [3.63, 3.8) is 0 Å². The summed E-state index contributed by atoms with van der Waals surface area (Å²) in [6.07, 6.45) is 8.65. The van der Waals surface area contributed by atoms with Crippen LogP contribution in [0.15, 0.2) is 42.6 Å². The van der Waals surface area contributed by atoms with Crippen LogP contribution in [-0.2, 0) is 19.6 Å². The molecule has 1 aliphatic heterocycles. The molecule has 0 amide bonds. The number of aryl methyl sites for hydroxylation is 2. The summed E-state index contributed by atoms with van der Waals surface area (Å²) in [5.41, 5.74) is 8.23. The van der Waals surface area contributed by atoms with Gasteiger partial charge in [-0.15, -0.1) is 0 Å². The van der Waals surface area contributed by atoms with Gasteiger partial charge in [-0.25, -0.2) is 4.79 Å². The second kappa shape index (κ2) is 8.31. The van der Waals surface area contributed by atoms with Gasteiger partial charge in [0, 0.05) is 47.7 Å². The van der Waals surface area contributed by atoms with E-state index < -0.39 is 5.97 Å². The van der Waals surface area contributed by atoms with Gasteiger partial charge in [0.05, 0.1) is 16.8 Å². The molecule has 0 atom stereocenters. The van der Waals surface area contributed by atoms with Crippen molar-refractivity contribution >= 4 is 27.8 Å². The topological polar surface area (TPSA) is 50.4 Å². The second-order valence-electron chi connectivity index (χ2n) is 10.2. The predicted octanol–water partition coefficient (Wildman–Crippen LogP) is 6.47. The normalized spacial score (nSPS) is 16.3. The second-order valence-corrected chi connectivity index (χ2v) is 10.2. The van der Waals surface area contributed by atoms with Gasteiger partial charge in [-0.1, -0.05) is 50.5 Å². The van der Waals surface area contributed by atoms with E-state index in [-0.39, 0.29) is 0 Å². The Balaban J connectivity index is 1.64. The van der Waals surface area contributed by atoms with Gasteiger partial charge >= 0.3 is 5.97 Å². The number of carboxylic acid groups (broad SMARTS) is 1. The highest BCUT2D eigenvalue weighted by atomic mass is 16.4. The SMILES string of the molecule is CCN(C)Cc1cn2c3c(cccc13)-c1c(C3CCCCC3)c3ccc(C(=O)O)cc3n1CC2. The number of aromatic carboxylic acids is 1. The molecule has 5 nitrogen and oxygen atoms in total. The van der Waals surface area contributed by atoms with E-state index in [1.165, 1.54) is 70.8 Å². The average molecular weight is 456 g/mol. The van der Waals surface area contributed by atoms with Crippen LogP contribution in [0.4, 0.5) is 0 Å². The Bertz CT molecular complexity index is 1400. The summed E-state index contributed by atoms with van der Waals surface area (Å²) in [4.78, 5) is 14.2. The van der Waals surface area contributed by atoms with Gasteiger partial charge in [0.15, 0.2) is 0 Å². The first-order valence-corrected chi connectivity index (χ1v) is 12.8. The van der Waals surface area contributed by atoms with Crippen molar-refractivity contribution in [2.45, 2.75) is 64.6 Å². The molecule has 0 unspecified atom stereocenters. The molecule has 2 aromatic heterocycles. The highest BCUT2D eigenvalue weighted by Gasteiger charge is 2.30. The van der Waals surface area contributed by atoms with Crippen LogP contribution in [0.1, 0.15) is 66.4 Å². The lowest BCUT2D eigenvalue weighted by molar-refractivity contribution is 0.0697. The summed E-state index contributed by atoms with van der Waals surface area (Å²) in [5.74, 6) is -0.325. The van der Waals surface area contributed by atoms with Gasteiger partial charge in [0.25, 0.3) is 0 Å². The van der Waals surface area contributed by atoms with E-state index in [1.54, 1.807) is 6.07 Å². The number of hydrogen-bond donors (Lipinski definition) is 1. The van der Waals surface area contributed by atoms with Crippen LogP contribution in [-0.4, -0.2) is 38.7 Å². The van der Waals surface area contributed by atoms with Crippen molar-refractivity contribution in [1.82, 2.24) is 14.0 Å². The minimum absolute atomic E-state index is 0.370. The van der Waals surface area contributed by atoms with Crippen LogP contribution in [0.2, 0.25) is 0 Å². The maximum absolute atomic E-state index is 11.8. The maximum Gasteiger partial charge on any atom is 0.335 e. The standard InChI is InChI=1S/C29H33N3O2/c1-3-30(2)17-21-18-31-14-15-32-25-16-20(29(33)34)12-13-23(25)26(19-8-5-4-6-9-19)28(32)24-11-7-10-22(21)27(24)31/h7,10-13,16,18-19H,3-6,8-9,14-15,17H2,1-2H3,(H,33,34). The molecule has 0 radical (unpaired) electrons. The summed E-state index contributed by atoms with van der Waals surface area (Å²) in [7, 11) is 2.18. The fourth-order valence-corrected chi connectivity index (χ4v) is 6.37. The Hall–Kier alpha value is -3.05. The molecule has 1 saturated carbocycles. The number of hydrogen-bond acceptors (Lipinski definition) is 2. The summed E-state index contributed by atoms with van der Waals surface area (Å²) < 4.78 is 4.86. The van der Waals surface area contributed by atoms with E-state index in [4.69, 9.17) is 0 Å². The maximum atomic E-state index is 11.8. The third-order valence-electron chi connectivity index (χ3n) is 8.14. The number of aromatic nitrogens is 2. The number of para-hydroxylation sites is 1. The van der Waals surface area contributed by atoms with E-state index in [2.05, 4.69) is 58.5 Å². The van der Waals surface area contributed by atoms with Gasteiger partial charge in [-0.2, -0.15) is 0 Å². The Morgan fingerprint density at radius 2 is 1.91 bits per heavy atom. The summed E-state index contributed by atoms with van der Waals surface area (Å²) in [5, 5.41) is 12.3. The first-order valence-electron chi connectivity index (χ1n) is 12.8. The van der Waals surface area contributed by atoms with Crippen LogP contribution in [0.5, 0.6) is 0 Å². The molecule has 0 bridgehead atoms. The highest BCUT2D eigenvalue weighted by Crippen LogP contribution is 2.47. The third-order valence-corrected chi connectivity index (χ3v) is 8.14. The first-order chi connectivity index (χ1) is 16.6. The van der Waals surface area contributed by atoms with Gasteiger partial charge in [-0.05, 0) is 55.6 Å². The van der Waals surface area contributed by atoms with Crippen LogP contribution >= 0.6 is 0 Å². The van der Waals surface area contributed by atoms with Crippen molar-refractivity contribution in [2.75, 3.05) is 13.6 Å². The lowest BCUT2D eigenvalue weighted by Gasteiger charge is -2.23. The molecule has 0 spiro atoms. The lowest BCUT2D eigenvalue weighted by Crippen LogP contribution is -2.16. The van der Waals surface area contributed by atoms with E-state index >= 15 is 0 Å². The molecule has 4 aromatic rings. The van der Waals surface area contributed by atoms with Gasteiger partial charge in [-0.3, -0.25) is 0 Å². The average Bonchev–Trinajstić information content (AvgIpc) is 3.32. The van der Waals surface area contributed by atoms with Crippen LogP contribution in [0.25, 0.3) is 33.1 Å². The zero-order chi connectivity index (χ0) is 23.4. The van der Waals surface area contributed by atoms with E-state index in [1.807, 2.05) is 6.07 Å². The fraction of sp³-hybridized carbons (Fsp3) is 0.414. The predicted molar refractivity (Wildman–Crippen MR) is 138 cm³/mol. The van der Waals surface area contributed by atoms with Gasteiger partial charge in [0.1, 0.15) is 0 Å². The zero-order valence-electron chi connectivity index (χ0n) is 20.2. The monoisotopic (exact) mass is 455 g/mol. The first kappa shape index (κ1) is 21.5. The molecule has 3 heterocycles. The van der Waals surface area contributed by atoms with Crippen molar-refractivity contribution in [3.8, 4) is 11.3 Å². The van der Waals surface area contributed by atoms with Crippen molar-refractivity contribution in [1.29, 1.82) is 0 Å². The summed E-state index contributed by atoms with van der Waals surface area (Å²) in [6.45, 7) is 5.92. The molecule has 1 fully saturated rings. The number of carbonyl (C=O) groups is 1. The quantitative estimate of drug-likeness (QED) is 0.375. The number of rotatable bonds is 5. The Labute approximate surface area is 200 Å². The van der Waals surface area contributed by atoms with E-state index in [9.17, 15) is 9.90 Å². The largest absolute Gasteiger partial charge is 0.478 e. The molecule has 34 heavy (non-hydrogen) atoms. The van der Waals surface area contributed by atoms with Gasteiger partial charge in [0.2, 0.25) is 0 Å². The Morgan fingerprint density at radius 3 is 2.68 bits per heavy atom. The van der Waals surface area contributed by atoms with Crippen LogP contribution in [0.3, 0.4) is 0 Å². The number of nitrogens with zero attached hydrogens (tertiary/aromatic N) is 3. The lowest BCUT2D eigenvalue weighted by atomic mass is 9.81. The zero-order valence-corrected chi connectivity index (χ0v) is 20.2. The number of fused-ring (bicyclic) bond motifs is 4. The number of carboxylic acids is 1. The smallest absolute Gasteiger partial charge is 0.335 e. The molecule has 2 aliphatic rings. The molecule has 1 N–H and O–H groups in total. The van der Waals surface area contributed by atoms with Gasteiger partial charge < -0.3 is 19.1 Å². The molecule has 176 valence electrons. The van der Waals surface area contributed by atoms with Crippen molar-refractivity contribution in [3.05, 3.63) is 59.3 Å². The fourth-order valence-electron chi connectivity index (χ4n) is 6.37. The molecular formula is C29H33N3O2. The molecule has 2 aromatic carbocycles. The molecule has 6 rings (SSSR count). The minimum atomic E-state index is -0.858. The van der Waals surface area contributed by atoms with Crippen LogP contribution < -0.4 is 0 Å². The molecule has 1 aliphatic carbocycles. The highest BCUT2D eigenvalue weighted by molar-refractivity contribution is 6.03. The van der Waals surface area contributed by atoms with Crippen molar-refractivity contribution < 1.29 is 9.90 Å². The van der Waals surface area contributed by atoms with Crippen molar-refractivity contribution in [2.24, 2.45) is 0 Å². The Morgan fingerprint density at radius 1 is 1.09 bits per heavy atom. The molecule has 0 saturated heterocycles. The molecular weight excluding hydrogens is 422 g/mol. The summed E-state index contributed by atoms with van der Waals surface area (Å²) >= 11 is 0. The Kier molecular flexibility index (Phi) is 5.25. The number of benzene rings is 2. The van der Waals surface area contributed by atoms with E-state index in [0.717, 1.165) is 31.7 Å². The summed E-state index contributed by atoms with van der Waals surface area (Å²) in [6, 6.07) is 12.5. The van der Waals surface area contributed by atoms with Crippen LogP contribution in [0, 0.1) is 0 Å². The third kappa shape index (κ3) is 3.29. The minimum Gasteiger partial charge on any atom is -0.478 e. The van der Waals surface area contributed by atoms with E-state index in [0.29, 0.717) is 11.5 Å². The molecule has 5 heteroatoms.